The van der Waals surface area contributed by atoms with Crippen LogP contribution in [0, 0.1) is 63.1 Å². The quantitative estimate of drug-likeness (QED) is 0.0790. The molecule has 306 valence electrons. The summed E-state index contributed by atoms with van der Waals surface area (Å²) in [6.07, 6.45) is 15.3. The van der Waals surface area contributed by atoms with E-state index in [1.807, 2.05) is 14.0 Å². The highest BCUT2D eigenvalue weighted by molar-refractivity contribution is 5.87. The average molecular weight is 765 g/mol. The zero-order chi connectivity index (χ0) is 38.8. The third-order valence-corrected chi connectivity index (χ3v) is 19.4. The van der Waals surface area contributed by atoms with E-state index in [2.05, 4.69) is 23.6 Å². The van der Waals surface area contributed by atoms with Gasteiger partial charge in [-0.05, 0) is 117 Å². The van der Waals surface area contributed by atoms with Crippen molar-refractivity contribution in [1.29, 1.82) is 0 Å². The number of carbonyl (C=O) groups excluding carboxylic acids is 2. The van der Waals surface area contributed by atoms with Gasteiger partial charge < -0.3 is 45.7 Å². The van der Waals surface area contributed by atoms with Crippen LogP contribution < -0.4 is 10.6 Å². The fraction of sp³-hybridized carbons (Fsp3) is 0.867. The number of fused-ring (bicyclic) bond motifs is 8. The summed E-state index contributed by atoms with van der Waals surface area (Å²) in [5.41, 5.74) is -7.50. The Morgan fingerprint density at radius 1 is 0.982 bits per heavy atom. The van der Waals surface area contributed by atoms with Crippen LogP contribution in [0.5, 0.6) is 0 Å². The molecule has 14 atom stereocenters. The summed E-state index contributed by atoms with van der Waals surface area (Å²) in [7, 11) is 1.89. The van der Waals surface area contributed by atoms with Crippen LogP contribution in [0.1, 0.15) is 117 Å². The third kappa shape index (κ3) is 4.74. The molecule has 10 heteroatoms. The lowest BCUT2D eigenvalue weighted by atomic mass is 9.33. The van der Waals surface area contributed by atoms with Crippen LogP contribution in [0.2, 0.25) is 0 Å². The van der Waals surface area contributed by atoms with Gasteiger partial charge in [-0.2, -0.15) is 0 Å². The van der Waals surface area contributed by atoms with Crippen molar-refractivity contribution in [1.82, 2.24) is 10.6 Å². The Hall–Kier alpha value is -1.66. The van der Waals surface area contributed by atoms with E-state index in [0.29, 0.717) is 62.6 Å². The van der Waals surface area contributed by atoms with E-state index in [4.69, 9.17) is 4.74 Å². The van der Waals surface area contributed by atoms with E-state index in [-0.39, 0.29) is 25.4 Å². The summed E-state index contributed by atoms with van der Waals surface area (Å²) in [6, 6.07) is 0. The zero-order valence-corrected chi connectivity index (χ0v) is 33.5. The summed E-state index contributed by atoms with van der Waals surface area (Å²) in [6.45, 7) is 6.00. The molecule has 14 unspecified atom stereocenters. The van der Waals surface area contributed by atoms with Gasteiger partial charge in [-0.3, -0.25) is 0 Å². The fourth-order valence-corrected chi connectivity index (χ4v) is 16.7. The standard InChI is InChI=1S/C45H68N2O8/c1-27(28-8-4-5-9-28)29-10-11-33-38(51)40(13-6-7-14-40)24-41(25-48)35-12-15-39(2)42(26-49)31(22-44(39,53)43(35,52)21-32(18-29)45(33,41)54)19-30(23-47-17-16-46-3)37-34(42)20-36(50)55-37/h19-20,25,27-29,31-33,35,37-38,46-47,49,51-54H,4-18,21-24,26H2,1-3H3. The number of esters is 1. The Bertz CT molecular complexity index is 1620. The number of hydrogen-bond donors (Lipinski definition) is 7. The minimum Gasteiger partial charge on any atom is -0.450 e. The lowest BCUT2D eigenvalue weighted by Gasteiger charge is -2.73. The predicted molar refractivity (Wildman–Crippen MR) is 206 cm³/mol. The maximum Gasteiger partial charge on any atom is 0.331 e. The molecule has 7 saturated carbocycles. The maximum absolute atomic E-state index is 14.4. The molecule has 8 aliphatic carbocycles. The smallest absolute Gasteiger partial charge is 0.331 e. The van der Waals surface area contributed by atoms with Crippen LogP contribution in [0.25, 0.3) is 0 Å². The molecule has 0 bridgehead atoms. The van der Waals surface area contributed by atoms with Crippen LogP contribution in [0.15, 0.2) is 23.3 Å². The first-order valence-electron chi connectivity index (χ1n) is 22.2. The van der Waals surface area contributed by atoms with Crippen LogP contribution >= 0.6 is 0 Å². The van der Waals surface area contributed by atoms with Crippen molar-refractivity contribution in [2.75, 3.05) is 33.3 Å². The Balaban J connectivity index is 1.19. The number of likely N-dealkylation sites (N-methyl/N-ethyl adjacent to an activating group) is 1. The number of aliphatic hydroxyl groups is 5. The molecule has 10 nitrogen and oxygen atoms in total. The molecule has 0 aromatic heterocycles. The van der Waals surface area contributed by atoms with Gasteiger partial charge in [-0.15, -0.1) is 0 Å². The van der Waals surface area contributed by atoms with Gasteiger partial charge in [0.2, 0.25) is 0 Å². The van der Waals surface area contributed by atoms with Gasteiger partial charge in [0.1, 0.15) is 18.0 Å². The SMILES string of the molecule is CNCCNCC1=CC2CC3(O)C4(O)CC5CC(C(C)C6CCCC6)CCC6C(O)C7(CCCC7)CC(C=O)(C4CCC3(C)C2(CO)C2=CC(=O)OC12)C56O. The van der Waals surface area contributed by atoms with Crippen molar-refractivity contribution in [2.24, 2.45) is 63.1 Å². The van der Waals surface area contributed by atoms with Gasteiger partial charge in [0, 0.05) is 48.4 Å². The Morgan fingerprint density at radius 3 is 2.42 bits per heavy atom. The summed E-state index contributed by atoms with van der Waals surface area (Å²) in [4.78, 5) is 27.5. The van der Waals surface area contributed by atoms with Crippen molar-refractivity contribution >= 4 is 12.3 Å². The van der Waals surface area contributed by atoms with Crippen molar-refractivity contribution in [3.05, 3.63) is 23.3 Å². The van der Waals surface area contributed by atoms with E-state index in [0.717, 1.165) is 50.5 Å². The summed E-state index contributed by atoms with van der Waals surface area (Å²) in [5, 5.41) is 72.4. The second-order valence-corrected chi connectivity index (χ2v) is 20.7. The molecule has 1 aliphatic heterocycles. The average Bonchev–Trinajstić information content (AvgIpc) is 3.96. The van der Waals surface area contributed by atoms with Crippen molar-refractivity contribution in [3.63, 3.8) is 0 Å². The number of rotatable bonds is 9. The number of carbonyl (C=O) groups is 2. The molecule has 7 N–H and O–H groups in total. The highest BCUT2D eigenvalue weighted by atomic mass is 16.5. The minimum absolute atomic E-state index is 0.133. The number of nitrogens with one attached hydrogen (secondary N) is 2. The van der Waals surface area contributed by atoms with Crippen LogP contribution in [-0.2, 0) is 14.3 Å². The minimum atomic E-state index is -1.77. The van der Waals surface area contributed by atoms with Gasteiger partial charge in [-0.25, -0.2) is 4.79 Å². The fourth-order valence-electron chi connectivity index (χ4n) is 16.7. The molecular formula is C45H68N2O8. The molecule has 0 amide bonds. The van der Waals surface area contributed by atoms with E-state index >= 15 is 0 Å². The Labute approximate surface area is 327 Å². The molecule has 1 heterocycles. The highest BCUT2D eigenvalue weighted by Crippen LogP contribution is 2.80. The summed E-state index contributed by atoms with van der Waals surface area (Å²) < 4.78 is 5.97. The van der Waals surface area contributed by atoms with Gasteiger partial charge in [0.15, 0.2) is 0 Å². The first-order valence-corrected chi connectivity index (χ1v) is 22.2. The molecule has 1 spiro atoms. The van der Waals surface area contributed by atoms with E-state index in [1.54, 1.807) is 0 Å². The number of aldehydes is 1. The lowest BCUT2D eigenvalue weighted by molar-refractivity contribution is -0.356. The van der Waals surface area contributed by atoms with Gasteiger partial charge in [-0.1, -0.05) is 58.4 Å². The van der Waals surface area contributed by atoms with E-state index in [9.17, 15) is 35.1 Å². The van der Waals surface area contributed by atoms with Crippen molar-refractivity contribution in [3.8, 4) is 0 Å². The van der Waals surface area contributed by atoms with Crippen molar-refractivity contribution < 1.29 is 39.9 Å². The normalized spacial score (nSPS) is 50.2. The number of hydrogen-bond acceptors (Lipinski definition) is 10. The maximum atomic E-state index is 14.4. The summed E-state index contributed by atoms with van der Waals surface area (Å²) in [5.74, 6) is -1.27. The van der Waals surface area contributed by atoms with Gasteiger partial charge in [0.05, 0.1) is 29.3 Å². The zero-order valence-electron chi connectivity index (χ0n) is 33.5. The lowest BCUT2D eigenvalue weighted by Crippen LogP contribution is -2.82. The first kappa shape index (κ1) is 38.8. The number of allylic oxidation sites excluding steroid dienone is 1. The molecule has 9 rings (SSSR count). The molecule has 0 aromatic rings. The second-order valence-electron chi connectivity index (χ2n) is 20.7. The van der Waals surface area contributed by atoms with E-state index < -0.39 is 80.3 Å². The van der Waals surface area contributed by atoms with Gasteiger partial charge >= 0.3 is 5.97 Å². The number of aliphatic hydroxyl groups excluding tert-OH is 2. The number of ether oxygens (including phenoxy) is 1. The molecule has 9 aliphatic rings. The largest absolute Gasteiger partial charge is 0.450 e. The molecule has 0 aromatic carbocycles. The highest BCUT2D eigenvalue weighted by Gasteiger charge is 2.85. The predicted octanol–water partition coefficient (Wildman–Crippen LogP) is 3.97. The molecule has 7 fully saturated rings. The monoisotopic (exact) mass is 764 g/mol. The molecule has 55 heavy (non-hydrogen) atoms. The second kappa shape index (κ2) is 13.2. The molecule has 0 radical (unpaired) electrons. The molecular weight excluding hydrogens is 697 g/mol. The summed E-state index contributed by atoms with van der Waals surface area (Å²) >= 11 is 0. The van der Waals surface area contributed by atoms with Crippen molar-refractivity contribution in [2.45, 2.75) is 146 Å². The van der Waals surface area contributed by atoms with Crippen LogP contribution in [0.3, 0.4) is 0 Å². The van der Waals surface area contributed by atoms with Crippen LogP contribution in [0.4, 0.5) is 0 Å². The first-order chi connectivity index (χ1) is 26.3. The third-order valence-electron chi connectivity index (χ3n) is 19.4. The van der Waals surface area contributed by atoms with Crippen LogP contribution in [-0.4, -0.2) is 100 Å². The Kier molecular flexibility index (Phi) is 9.30. The van der Waals surface area contributed by atoms with E-state index in [1.165, 1.54) is 31.8 Å². The topological polar surface area (TPSA) is 169 Å². The Morgan fingerprint density at radius 2 is 1.73 bits per heavy atom. The van der Waals surface area contributed by atoms with Gasteiger partial charge in [0.25, 0.3) is 0 Å². The molecule has 0 saturated heterocycles.